The number of alkyl carbamates (subject to hydrolysis) is 1. The molecule has 0 radical (unpaired) electrons. The van der Waals surface area contributed by atoms with Crippen molar-refractivity contribution in [2.75, 3.05) is 13.1 Å². The molecular formula is C15H22N2O3S. The summed E-state index contributed by atoms with van der Waals surface area (Å²) < 4.78 is 5.24. The van der Waals surface area contributed by atoms with E-state index in [2.05, 4.69) is 5.32 Å². The van der Waals surface area contributed by atoms with E-state index in [9.17, 15) is 9.59 Å². The highest BCUT2D eigenvalue weighted by atomic mass is 32.1. The second kappa shape index (κ2) is 6.05. The van der Waals surface area contributed by atoms with Gasteiger partial charge in [0.05, 0.1) is 10.9 Å². The number of hydrogen-bond acceptors (Lipinski definition) is 4. The van der Waals surface area contributed by atoms with Gasteiger partial charge in [-0.15, -0.1) is 11.3 Å². The third-order valence-electron chi connectivity index (χ3n) is 3.25. The molecular weight excluding hydrogens is 288 g/mol. The summed E-state index contributed by atoms with van der Waals surface area (Å²) in [6.07, 6.45) is 0.337. The Morgan fingerprint density at radius 2 is 2.14 bits per heavy atom. The molecule has 1 fully saturated rings. The molecule has 0 unspecified atom stereocenters. The van der Waals surface area contributed by atoms with Gasteiger partial charge in [0.15, 0.2) is 0 Å². The van der Waals surface area contributed by atoms with Crippen LogP contribution >= 0.6 is 11.3 Å². The maximum absolute atomic E-state index is 12.4. The topological polar surface area (TPSA) is 58.6 Å². The fourth-order valence-corrected chi connectivity index (χ4v) is 3.16. The van der Waals surface area contributed by atoms with Gasteiger partial charge >= 0.3 is 6.09 Å². The lowest BCUT2D eigenvalue weighted by molar-refractivity contribution is 0.0502. The number of carbonyl (C=O) groups excluding carboxylic acids is 2. The Kier molecular flexibility index (Phi) is 4.56. The van der Waals surface area contributed by atoms with Crippen LogP contribution in [-0.4, -0.2) is 41.6 Å². The quantitative estimate of drug-likeness (QED) is 0.914. The Labute approximate surface area is 129 Å². The van der Waals surface area contributed by atoms with Gasteiger partial charge in [0, 0.05) is 13.1 Å². The lowest BCUT2D eigenvalue weighted by Gasteiger charge is -2.22. The van der Waals surface area contributed by atoms with E-state index in [1.165, 1.54) is 11.3 Å². The molecule has 0 bridgehead atoms. The van der Waals surface area contributed by atoms with Crippen molar-refractivity contribution in [2.24, 2.45) is 0 Å². The second-order valence-corrected chi connectivity index (χ2v) is 7.23. The van der Waals surface area contributed by atoms with E-state index in [0.29, 0.717) is 13.1 Å². The molecule has 5 nitrogen and oxygen atoms in total. The Bertz CT molecular complexity index is 533. The maximum Gasteiger partial charge on any atom is 0.407 e. The van der Waals surface area contributed by atoms with Gasteiger partial charge in [0.1, 0.15) is 5.60 Å². The van der Waals surface area contributed by atoms with Crippen LogP contribution in [0.15, 0.2) is 11.4 Å². The van der Waals surface area contributed by atoms with Crippen LogP contribution in [0.2, 0.25) is 0 Å². The zero-order valence-corrected chi connectivity index (χ0v) is 13.8. The smallest absolute Gasteiger partial charge is 0.407 e. The van der Waals surface area contributed by atoms with Gasteiger partial charge < -0.3 is 15.0 Å². The molecule has 1 N–H and O–H groups in total. The molecule has 6 heteroatoms. The molecule has 0 aromatic carbocycles. The minimum atomic E-state index is -0.508. The predicted molar refractivity (Wildman–Crippen MR) is 82.7 cm³/mol. The van der Waals surface area contributed by atoms with Crippen LogP contribution in [0.5, 0.6) is 0 Å². The first kappa shape index (κ1) is 15.8. The molecule has 1 aromatic rings. The summed E-state index contributed by atoms with van der Waals surface area (Å²) in [6, 6.07) is 1.91. The number of amides is 2. The summed E-state index contributed by atoms with van der Waals surface area (Å²) in [7, 11) is 0. The van der Waals surface area contributed by atoms with E-state index in [1.54, 1.807) is 4.90 Å². The van der Waals surface area contributed by atoms with Gasteiger partial charge in [-0.1, -0.05) is 0 Å². The first-order valence-electron chi connectivity index (χ1n) is 7.09. The Hall–Kier alpha value is -1.56. The van der Waals surface area contributed by atoms with Crippen molar-refractivity contribution in [3.63, 3.8) is 0 Å². The van der Waals surface area contributed by atoms with Crippen LogP contribution in [0.3, 0.4) is 0 Å². The van der Waals surface area contributed by atoms with Crippen molar-refractivity contribution in [3.05, 3.63) is 21.9 Å². The molecule has 21 heavy (non-hydrogen) atoms. The van der Waals surface area contributed by atoms with Crippen LogP contribution in [0, 0.1) is 6.92 Å². The predicted octanol–water partition coefficient (Wildman–Crippen LogP) is 2.80. The van der Waals surface area contributed by atoms with Gasteiger partial charge in [-0.25, -0.2) is 4.79 Å². The monoisotopic (exact) mass is 310 g/mol. The number of thiophene rings is 1. The number of hydrogen-bond donors (Lipinski definition) is 1. The highest BCUT2D eigenvalue weighted by molar-refractivity contribution is 7.12. The fraction of sp³-hybridized carbons (Fsp3) is 0.600. The maximum atomic E-state index is 12.4. The fourth-order valence-electron chi connectivity index (χ4n) is 2.27. The minimum Gasteiger partial charge on any atom is -0.444 e. The van der Waals surface area contributed by atoms with Crippen LogP contribution in [0.25, 0.3) is 0 Å². The number of nitrogens with zero attached hydrogens (tertiary/aromatic N) is 1. The number of carbonyl (C=O) groups is 2. The number of nitrogens with one attached hydrogen (secondary N) is 1. The summed E-state index contributed by atoms with van der Waals surface area (Å²) >= 11 is 1.46. The van der Waals surface area contributed by atoms with Crippen LogP contribution in [0.1, 0.15) is 42.4 Å². The van der Waals surface area contributed by atoms with Crippen molar-refractivity contribution < 1.29 is 14.3 Å². The van der Waals surface area contributed by atoms with E-state index in [4.69, 9.17) is 4.74 Å². The molecule has 1 aliphatic rings. The molecule has 2 rings (SSSR count). The summed E-state index contributed by atoms with van der Waals surface area (Å²) in [5.74, 6) is 0.0518. The molecule has 1 saturated heterocycles. The van der Waals surface area contributed by atoms with Crippen LogP contribution in [0.4, 0.5) is 4.79 Å². The number of rotatable bonds is 2. The first-order chi connectivity index (χ1) is 9.76. The SMILES string of the molecule is Cc1ccsc1C(=O)N1CC[C@@H](NC(=O)OC(C)(C)C)C1. The summed E-state index contributed by atoms with van der Waals surface area (Å²) in [4.78, 5) is 26.7. The van der Waals surface area contributed by atoms with E-state index in [-0.39, 0.29) is 11.9 Å². The number of likely N-dealkylation sites (tertiary alicyclic amines) is 1. The molecule has 0 spiro atoms. The van der Waals surface area contributed by atoms with Gasteiger partial charge in [0.25, 0.3) is 5.91 Å². The molecule has 1 atom stereocenters. The van der Waals surface area contributed by atoms with Gasteiger partial charge in [-0.05, 0) is 51.1 Å². The van der Waals surface area contributed by atoms with Crippen LogP contribution in [-0.2, 0) is 4.74 Å². The molecule has 1 aliphatic heterocycles. The highest BCUT2D eigenvalue weighted by Crippen LogP contribution is 2.21. The highest BCUT2D eigenvalue weighted by Gasteiger charge is 2.30. The van der Waals surface area contributed by atoms with Gasteiger partial charge in [-0.3, -0.25) is 4.79 Å². The summed E-state index contributed by atoms with van der Waals surface area (Å²) in [5.41, 5.74) is 0.500. The third-order valence-corrected chi connectivity index (χ3v) is 4.26. The van der Waals surface area contributed by atoms with Crippen molar-refractivity contribution in [1.82, 2.24) is 10.2 Å². The Morgan fingerprint density at radius 3 is 2.71 bits per heavy atom. The Balaban J connectivity index is 1.88. The normalized spacial score (nSPS) is 18.7. The van der Waals surface area contributed by atoms with Gasteiger partial charge in [0.2, 0.25) is 0 Å². The molecule has 0 aliphatic carbocycles. The zero-order chi connectivity index (χ0) is 15.6. The van der Waals surface area contributed by atoms with Crippen molar-refractivity contribution in [2.45, 2.75) is 45.8 Å². The van der Waals surface area contributed by atoms with Gasteiger partial charge in [-0.2, -0.15) is 0 Å². The lowest BCUT2D eigenvalue weighted by Crippen LogP contribution is -2.41. The molecule has 2 amide bonds. The van der Waals surface area contributed by atoms with E-state index >= 15 is 0 Å². The van der Waals surface area contributed by atoms with Crippen molar-refractivity contribution >= 4 is 23.3 Å². The van der Waals surface area contributed by atoms with Crippen molar-refractivity contribution in [3.8, 4) is 0 Å². The average Bonchev–Trinajstić information content (AvgIpc) is 2.95. The van der Waals surface area contributed by atoms with E-state index < -0.39 is 11.7 Å². The zero-order valence-electron chi connectivity index (χ0n) is 12.9. The molecule has 2 heterocycles. The summed E-state index contributed by atoms with van der Waals surface area (Å²) in [6.45, 7) is 8.63. The molecule has 116 valence electrons. The Morgan fingerprint density at radius 1 is 1.43 bits per heavy atom. The van der Waals surface area contributed by atoms with E-state index in [0.717, 1.165) is 16.9 Å². The van der Waals surface area contributed by atoms with Crippen LogP contribution < -0.4 is 5.32 Å². The largest absolute Gasteiger partial charge is 0.444 e. The summed E-state index contributed by atoms with van der Waals surface area (Å²) in [5, 5.41) is 4.75. The number of ether oxygens (including phenoxy) is 1. The second-order valence-electron chi connectivity index (χ2n) is 6.32. The van der Waals surface area contributed by atoms with Crippen molar-refractivity contribution in [1.29, 1.82) is 0 Å². The van der Waals surface area contributed by atoms with E-state index in [1.807, 2.05) is 39.1 Å². The third kappa shape index (κ3) is 4.20. The lowest BCUT2D eigenvalue weighted by atomic mass is 10.2. The standard InChI is InChI=1S/C15H22N2O3S/c1-10-6-8-21-12(10)13(18)17-7-5-11(9-17)16-14(19)20-15(2,3)4/h6,8,11H,5,7,9H2,1-4H3,(H,16,19)/t11-/m1/s1. The molecule has 0 saturated carbocycles. The first-order valence-corrected chi connectivity index (χ1v) is 7.97. The average molecular weight is 310 g/mol. The minimum absolute atomic E-state index is 0.0379. The molecule has 1 aromatic heterocycles. The number of aryl methyl sites for hydroxylation is 1.